The molecular weight excluding hydrogens is 230 g/mol. The Morgan fingerprint density at radius 3 is 2.83 bits per heavy atom. The van der Waals surface area contributed by atoms with E-state index in [2.05, 4.69) is 24.1 Å². The number of ether oxygens (including phenoxy) is 1. The summed E-state index contributed by atoms with van der Waals surface area (Å²) in [6.45, 7) is 10.0. The Balaban J connectivity index is 2.57. The largest absolute Gasteiger partial charge is 0.376 e. The van der Waals surface area contributed by atoms with Gasteiger partial charge in [-0.05, 0) is 26.3 Å². The van der Waals surface area contributed by atoms with E-state index in [-0.39, 0.29) is 12.0 Å². The van der Waals surface area contributed by atoms with E-state index in [0.29, 0.717) is 6.54 Å². The minimum absolute atomic E-state index is 0.280. The number of rotatable bonds is 7. The third kappa shape index (κ3) is 4.23. The van der Waals surface area contributed by atoms with Gasteiger partial charge in [0, 0.05) is 19.6 Å². The van der Waals surface area contributed by atoms with E-state index in [0.717, 1.165) is 39.1 Å². The Hall–Kier alpha value is -0.650. The normalized spacial score (nSPS) is 24.7. The first kappa shape index (κ1) is 15.4. The van der Waals surface area contributed by atoms with Crippen LogP contribution in [0.4, 0.5) is 0 Å². The summed E-state index contributed by atoms with van der Waals surface area (Å²) in [6, 6.07) is 0. The minimum Gasteiger partial charge on any atom is -0.376 e. The first-order valence-electron chi connectivity index (χ1n) is 6.90. The van der Waals surface area contributed by atoms with Crippen molar-refractivity contribution in [2.75, 3.05) is 32.8 Å². The molecule has 1 rings (SSSR count). The van der Waals surface area contributed by atoms with E-state index in [9.17, 15) is 4.79 Å². The first-order valence-corrected chi connectivity index (χ1v) is 6.90. The Labute approximate surface area is 110 Å². The van der Waals surface area contributed by atoms with E-state index in [1.807, 2.05) is 6.92 Å². The van der Waals surface area contributed by atoms with Crippen molar-refractivity contribution in [3.63, 3.8) is 0 Å². The Morgan fingerprint density at radius 1 is 1.56 bits per heavy atom. The fraction of sp³-hybridized carbons (Fsp3) is 0.923. The number of nitrogens with zero attached hydrogens (tertiary/aromatic N) is 1. The van der Waals surface area contributed by atoms with E-state index in [1.54, 1.807) is 0 Å². The fourth-order valence-corrected chi connectivity index (χ4v) is 2.24. The number of carbonyl (C=O) groups excluding carboxylic acids is 1. The molecule has 0 saturated carbocycles. The summed E-state index contributed by atoms with van der Waals surface area (Å²) in [5.41, 5.74) is 4.89. The molecule has 0 bridgehead atoms. The van der Waals surface area contributed by atoms with Gasteiger partial charge in [0.05, 0.1) is 12.7 Å². The highest BCUT2D eigenvalue weighted by Gasteiger charge is 2.34. The molecule has 0 aromatic rings. The topological polar surface area (TPSA) is 67.6 Å². The van der Waals surface area contributed by atoms with Crippen molar-refractivity contribution >= 4 is 5.91 Å². The number of primary amides is 1. The van der Waals surface area contributed by atoms with Crippen molar-refractivity contribution in [3.8, 4) is 0 Å². The van der Waals surface area contributed by atoms with Crippen LogP contribution in [0.25, 0.3) is 0 Å². The predicted molar refractivity (Wildman–Crippen MR) is 72.4 cm³/mol. The Kier molecular flexibility index (Phi) is 6.05. The van der Waals surface area contributed by atoms with Crippen LogP contribution in [0.5, 0.6) is 0 Å². The minimum atomic E-state index is -0.647. The van der Waals surface area contributed by atoms with Gasteiger partial charge in [-0.15, -0.1) is 0 Å². The summed E-state index contributed by atoms with van der Waals surface area (Å²) in [5.74, 6) is -0.282. The molecule has 1 fully saturated rings. The molecule has 5 nitrogen and oxygen atoms in total. The Bertz CT molecular complexity index is 273. The van der Waals surface area contributed by atoms with Crippen LogP contribution in [0.1, 0.15) is 33.6 Å². The van der Waals surface area contributed by atoms with Crippen molar-refractivity contribution in [1.29, 1.82) is 0 Å². The molecule has 5 heteroatoms. The van der Waals surface area contributed by atoms with Crippen molar-refractivity contribution in [1.82, 2.24) is 10.2 Å². The number of amides is 1. The van der Waals surface area contributed by atoms with E-state index < -0.39 is 5.54 Å². The van der Waals surface area contributed by atoms with Gasteiger partial charge in [0.25, 0.3) is 0 Å². The summed E-state index contributed by atoms with van der Waals surface area (Å²) >= 11 is 0. The van der Waals surface area contributed by atoms with Crippen LogP contribution in [-0.2, 0) is 9.53 Å². The molecule has 1 aliphatic rings. The van der Waals surface area contributed by atoms with Gasteiger partial charge in [0.1, 0.15) is 5.54 Å². The summed E-state index contributed by atoms with van der Waals surface area (Å²) in [6.07, 6.45) is 2.28. The molecule has 0 radical (unpaired) electrons. The van der Waals surface area contributed by atoms with Gasteiger partial charge >= 0.3 is 0 Å². The monoisotopic (exact) mass is 257 g/mol. The van der Waals surface area contributed by atoms with Gasteiger partial charge in [0.2, 0.25) is 5.91 Å². The lowest BCUT2D eigenvalue weighted by Crippen LogP contribution is -2.61. The quantitative estimate of drug-likeness (QED) is 0.690. The van der Waals surface area contributed by atoms with Crippen LogP contribution in [-0.4, -0.2) is 55.2 Å². The molecule has 0 aromatic carbocycles. The molecule has 3 N–H and O–H groups in total. The second kappa shape index (κ2) is 7.07. The highest BCUT2D eigenvalue weighted by molar-refractivity contribution is 5.84. The van der Waals surface area contributed by atoms with Crippen molar-refractivity contribution in [2.24, 2.45) is 5.73 Å². The maximum Gasteiger partial charge on any atom is 0.238 e. The lowest BCUT2D eigenvalue weighted by Gasteiger charge is -2.38. The van der Waals surface area contributed by atoms with Crippen LogP contribution in [0.3, 0.4) is 0 Å². The molecule has 18 heavy (non-hydrogen) atoms. The fourth-order valence-electron chi connectivity index (χ4n) is 2.24. The number of nitrogens with one attached hydrogen (secondary N) is 1. The maximum absolute atomic E-state index is 11.7. The van der Waals surface area contributed by atoms with Crippen LogP contribution >= 0.6 is 0 Å². The van der Waals surface area contributed by atoms with Gasteiger partial charge in [0.15, 0.2) is 0 Å². The van der Waals surface area contributed by atoms with Crippen LogP contribution < -0.4 is 11.1 Å². The number of morpholine rings is 1. The molecule has 0 aromatic heterocycles. The van der Waals surface area contributed by atoms with Gasteiger partial charge in [-0.1, -0.05) is 13.8 Å². The molecule has 2 unspecified atom stereocenters. The summed E-state index contributed by atoms with van der Waals surface area (Å²) in [5, 5.41) is 3.27. The van der Waals surface area contributed by atoms with Crippen LogP contribution in [0.15, 0.2) is 0 Å². The molecule has 1 amide bonds. The maximum atomic E-state index is 11.7. The second-order valence-corrected chi connectivity index (χ2v) is 5.26. The lowest BCUT2D eigenvalue weighted by molar-refractivity contribution is -0.125. The molecule has 2 atom stereocenters. The summed E-state index contributed by atoms with van der Waals surface area (Å²) in [4.78, 5) is 13.9. The van der Waals surface area contributed by atoms with Crippen molar-refractivity contribution in [2.45, 2.75) is 45.3 Å². The standard InChI is InChI=1S/C13H27N3O2/c1-4-6-15-13(3,12(14)17)10-16-7-8-18-11(5-2)9-16/h11,15H,4-10H2,1-3H3,(H2,14,17). The zero-order chi connectivity index (χ0) is 13.6. The summed E-state index contributed by atoms with van der Waals surface area (Å²) in [7, 11) is 0. The zero-order valence-corrected chi connectivity index (χ0v) is 11.9. The molecule has 1 aliphatic heterocycles. The third-order valence-corrected chi connectivity index (χ3v) is 3.53. The van der Waals surface area contributed by atoms with Crippen LogP contribution in [0, 0.1) is 0 Å². The molecule has 106 valence electrons. The van der Waals surface area contributed by atoms with Gasteiger partial charge < -0.3 is 15.8 Å². The molecule has 0 spiro atoms. The average Bonchev–Trinajstić information content (AvgIpc) is 2.36. The van der Waals surface area contributed by atoms with Crippen molar-refractivity contribution in [3.05, 3.63) is 0 Å². The number of hydrogen-bond donors (Lipinski definition) is 2. The highest BCUT2D eigenvalue weighted by atomic mass is 16.5. The lowest BCUT2D eigenvalue weighted by atomic mass is 9.99. The third-order valence-electron chi connectivity index (χ3n) is 3.53. The molecule has 0 aliphatic carbocycles. The molecular formula is C13H27N3O2. The predicted octanol–water partition coefficient (Wildman–Crippen LogP) is 0.341. The number of nitrogens with two attached hydrogens (primary N) is 1. The van der Waals surface area contributed by atoms with E-state index in [1.165, 1.54) is 0 Å². The van der Waals surface area contributed by atoms with Gasteiger partial charge in [-0.2, -0.15) is 0 Å². The SMILES string of the molecule is CCCNC(C)(CN1CCOC(CC)C1)C(N)=O. The average molecular weight is 257 g/mol. The van der Waals surface area contributed by atoms with E-state index >= 15 is 0 Å². The van der Waals surface area contributed by atoms with Gasteiger partial charge in [-0.3, -0.25) is 9.69 Å². The van der Waals surface area contributed by atoms with Crippen LogP contribution in [0.2, 0.25) is 0 Å². The highest BCUT2D eigenvalue weighted by Crippen LogP contribution is 2.13. The van der Waals surface area contributed by atoms with E-state index in [4.69, 9.17) is 10.5 Å². The van der Waals surface area contributed by atoms with Gasteiger partial charge in [-0.25, -0.2) is 0 Å². The smallest absolute Gasteiger partial charge is 0.238 e. The number of carbonyl (C=O) groups is 1. The molecule has 1 heterocycles. The first-order chi connectivity index (χ1) is 8.51. The Morgan fingerprint density at radius 2 is 2.28 bits per heavy atom. The molecule has 1 saturated heterocycles. The number of hydrogen-bond acceptors (Lipinski definition) is 4. The van der Waals surface area contributed by atoms with Crippen molar-refractivity contribution < 1.29 is 9.53 Å². The summed E-state index contributed by atoms with van der Waals surface area (Å²) < 4.78 is 5.64. The second-order valence-electron chi connectivity index (χ2n) is 5.26. The zero-order valence-electron chi connectivity index (χ0n) is 11.9.